The summed E-state index contributed by atoms with van der Waals surface area (Å²) in [4.78, 5) is 25.8. The molecule has 23 heavy (non-hydrogen) atoms. The van der Waals surface area contributed by atoms with Crippen LogP contribution in [0.3, 0.4) is 0 Å². The van der Waals surface area contributed by atoms with Crippen LogP contribution in [0.2, 0.25) is 5.02 Å². The number of aliphatic carboxylic acids is 1. The van der Waals surface area contributed by atoms with Crippen LogP contribution in [0.1, 0.15) is 26.2 Å². The minimum atomic E-state index is -0.919. The van der Waals surface area contributed by atoms with Gasteiger partial charge in [0.2, 0.25) is 0 Å². The zero-order valence-corrected chi connectivity index (χ0v) is 13.7. The van der Waals surface area contributed by atoms with E-state index in [-0.39, 0.29) is 11.8 Å². The number of para-hydroxylation sites is 1. The van der Waals surface area contributed by atoms with Gasteiger partial charge in [0, 0.05) is 6.54 Å². The molecule has 0 radical (unpaired) electrons. The third kappa shape index (κ3) is 3.02. The Kier molecular flexibility index (Phi) is 4.48. The average molecular weight is 338 g/mol. The molecule has 3 rings (SSSR count). The van der Waals surface area contributed by atoms with Gasteiger partial charge in [0.15, 0.2) is 6.10 Å². The van der Waals surface area contributed by atoms with Crippen LogP contribution in [-0.4, -0.2) is 40.6 Å². The van der Waals surface area contributed by atoms with Gasteiger partial charge < -0.3 is 14.7 Å². The first-order valence-electron chi connectivity index (χ1n) is 7.93. The second-order valence-electron chi connectivity index (χ2n) is 6.32. The van der Waals surface area contributed by atoms with Gasteiger partial charge in [-0.3, -0.25) is 4.79 Å². The topological polar surface area (TPSA) is 66.8 Å². The van der Waals surface area contributed by atoms with Crippen molar-refractivity contribution in [3.63, 3.8) is 0 Å². The Balaban J connectivity index is 1.74. The fraction of sp³-hybridized carbons (Fsp3) is 0.529. The lowest BCUT2D eigenvalue weighted by Gasteiger charge is -2.27. The molecule has 1 aromatic rings. The fourth-order valence-electron chi connectivity index (χ4n) is 3.86. The van der Waals surface area contributed by atoms with Crippen molar-refractivity contribution in [3.8, 4) is 5.75 Å². The molecule has 2 aliphatic rings. The summed E-state index contributed by atoms with van der Waals surface area (Å²) >= 11 is 6.05. The lowest BCUT2D eigenvalue weighted by Crippen LogP contribution is -2.48. The first-order valence-corrected chi connectivity index (χ1v) is 8.31. The number of amides is 1. The molecule has 1 aromatic carbocycles. The molecule has 4 atom stereocenters. The zero-order valence-electron chi connectivity index (χ0n) is 12.9. The van der Waals surface area contributed by atoms with E-state index in [0.717, 1.165) is 19.3 Å². The lowest BCUT2D eigenvalue weighted by atomic mass is 9.94. The van der Waals surface area contributed by atoms with Crippen molar-refractivity contribution >= 4 is 23.5 Å². The highest BCUT2D eigenvalue weighted by Gasteiger charge is 2.50. The van der Waals surface area contributed by atoms with Gasteiger partial charge in [0.25, 0.3) is 5.91 Å². The Labute approximate surface area is 140 Å². The van der Waals surface area contributed by atoms with Crippen molar-refractivity contribution in [2.45, 2.75) is 38.3 Å². The van der Waals surface area contributed by atoms with Gasteiger partial charge in [0.1, 0.15) is 11.8 Å². The van der Waals surface area contributed by atoms with Crippen molar-refractivity contribution in [2.24, 2.45) is 11.8 Å². The third-order valence-corrected chi connectivity index (χ3v) is 5.23. The summed E-state index contributed by atoms with van der Waals surface area (Å²) in [7, 11) is 0. The van der Waals surface area contributed by atoms with Crippen LogP contribution in [0.15, 0.2) is 24.3 Å². The quantitative estimate of drug-likeness (QED) is 0.917. The Morgan fingerprint density at radius 1 is 1.35 bits per heavy atom. The number of carboxylic acid groups (broad SMARTS) is 1. The number of benzene rings is 1. The van der Waals surface area contributed by atoms with Crippen LogP contribution in [-0.2, 0) is 9.59 Å². The Morgan fingerprint density at radius 3 is 2.78 bits per heavy atom. The maximum absolute atomic E-state index is 12.7. The highest BCUT2D eigenvalue weighted by Crippen LogP contribution is 2.42. The summed E-state index contributed by atoms with van der Waals surface area (Å²) in [5.41, 5.74) is 0. The predicted molar refractivity (Wildman–Crippen MR) is 85.5 cm³/mol. The number of hydrogen-bond acceptors (Lipinski definition) is 3. The van der Waals surface area contributed by atoms with Crippen molar-refractivity contribution in [2.75, 3.05) is 6.54 Å². The molecular weight excluding hydrogens is 318 g/mol. The van der Waals surface area contributed by atoms with Gasteiger partial charge in [-0.25, -0.2) is 4.79 Å². The maximum Gasteiger partial charge on any atom is 0.326 e. The number of hydrogen-bond donors (Lipinski definition) is 1. The minimum Gasteiger partial charge on any atom is -0.480 e. The molecule has 2 fully saturated rings. The van der Waals surface area contributed by atoms with E-state index < -0.39 is 18.1 Å². The van der Waals surface area contributed by atoms with Gasteiger partial charge in [-0.15, -0.1) is 0 Å². The minimum absolute atomic E-state index is 0.0731. The van der Waals surface area contributed by atoms with Crippen LogP contribution >= 0.6 is 11.6 Å². The van der Waals surface area contributed by atoms with E-state index in [9.17, 15) is 14.7 Å². The van der Waals surface area contributed by atoms with Gasteiger partial charge in [-0.05, 0) is 43.7 Å². The Hall–Kier alpha value is -1.75. The van der Waals surface area contributed by atoms with Crippen LogP contribution in [0.25, 0.3) is 0 Å². The number of fused-ring (bicyclic) bond motifs is 1. The Morgan fingerprint density at radius 2 is 2.09 bits per heavy atom. The molecular formula is C17H20ClNO4. The number of carboxylic acids is 1. The molecule has 0 spiro atoms. The number of likely N-dealkylation sites (tertiary alicyclic amines) is 1. The van der Waals surface area contributed by atoms with E-state index in [2.05, 4.69) is 0 Å². The second kappa shape index (κ2) is 6.40. The van der Waals surface area contributed by atoms with Crippen molar-refractivity contribution in [1.82, 2.24) is 4.90 Å². The monoisotopic (exact) mass is 337 g/mol. The summed E-state index contributed by atoms with van der Waals surface area (Å²) in [6, 6.07) is 6.21. The van der Waals surface area contributed by atoms with Crippen molar-refractivity contribution < 1.29 is 19.4 Å². The molecule has 5 nitrogen and oxygen atoms in total. The smallest absolute Gasteiger partial charge is 0.326 e. The molecule has 6 heteroatoms. The highest BCUT2D eigenvalue weighted by molar-refractivity contribution is 6.32. The summed E-state index contributed by atoms with van der Waals surface area (Å²) in [6.07, 6.45) is 2.16. The molecule has 1 N–H and O–H groups in total. The number of rotatable bonds is 4. The zero-order chi connectivity index (χ0) is 16.6. The van der Waals surface area contributed by atoms with Crippen LogP contribution in [0.5, 0.6) is 5.75 Å². The van der Waals surface area contributed by atoms with Crippen molar-refractivity contribution in [3.05, 3.63) is 29.3 Å². The van der Waals surface area contributed by atoms with Crippen LogP contribution in [0, 0.1) is 11.8 Å². The summed E-state index contributed by atoms with van der Waals surface area (Å²) in [5.74, 6) is -0.401. The molecule has 0 bridgehead atoms. The van der Waals surface area contributed by atoms with E-state index >= 15 is 0 Å². The third-order valence-electron chi connectivity index (χ3n) is 4.91. The van der Waals surface area contributed by atoms with E-state index in [1.165, 1.54) is 4.90 Å². The molecule has 1 saturated heterocycles. The summed E-state index contributed by atoms with van der Waals surface area (Å²) in [5, 5.41) is 9.97. The average Bonchev–Trinajstić information content (AvgIpc) is 3.08. The fourth-order valence-corrected chi connectivity index (χ4v) is 4.04. The molecule has 1 heterocycles. The van der Waals surface area contributed by atoms with E-state index in [0.29, 0.717) is 23.2 Å². The van der Waals surface area contributed by atoms with E-state index in [1.807, 2.05) is 0 Å². The van der Waals surface area contributed by atoms with Gasteiger partial charge in [0.05, 0.1) is 5.02 Å². The predicted octanol–water partition coefficient (Wildman–Crippen LogP) is 2.82. The summed E-state index contributed by atoms with van der Waals surface area (Å²) < 4.78 is 5.65. The Bertz CT molecular complexity index is 620. The first-order chi connectivity index (χ1) is 11.0. The SMILES string of the molecule is CC(Oc1ccccc1Cl)C(=O)N1CC2CCCC2C1C(=O)O. The molecule has 4 unspecified atom stereocenters. The number of ether oxygens (including phenoxy) is 1. The maximum atomic E-state index is 12.7. The molecule has 0 aromatic heterocycles. The largest absolute Gasteiger partial charge is 0.480 e. The number of halogens is 1. The number of carbonyl (C=O) groups is 2. The second-order valence-corrected chi connectivity index (χ2v) is 6.73. The van der Waals surface area contributed by atoms with Gasteiger partial charge in [-0.1, -0.05) is 30.2 Å². The molecule has 1 saturated carbocycles. The molecule has 1 amide bonds. The normalized spacial score (nSPS) is 27.6. The van der Waals surface area contributed by atoms with Crippen LogP contribution in [0.4, 0.5) is 0 Å². The highest BCUT2D eigenvalue weighted by atomic mass is 35.5. The molecule has 124 valence electrons. The number of nitrogens with zero attached hydrogens (tertiary/aromatic N) is 1. The van der Waals surface area contributed by atoms with Crippen molar-refractivity contribution in [1.29, 1.82) is 0 Å². The standard InChI is InChI=1S/C17H20ClNO4/c1-10(23-14-8-3-2-7-13(14)18)16(20)19-9-11-5-4-6-12(11)15(19)17(21)22/h2-3,7-8,10-12,15H,4-6,9H2,1H3,(H,21,22). The molecule has 1 aliphatic heterocycles. The van der Waals surface area contributed by atoms with Crippen LogP contribution < -0.4 is 4.74 Å². The first kappa shape index (κ1) is 16.1. The molecule has 1 aliphatic carbocycles. The van der Waals surface area contributed by atoms with E-state index in [4.69, 9.17) is 16.3 Å². The summed E-state index contributed by atoms with van der Waals surface area (Å²) in [6.45, 7) is 2.15. The lowest BCUT2D eigenvalue weighted by molar-refractivity contribution is -0.152. The number of carbonyl (C=O) groups excluding carboxylic acids is 1. The van der Waals surface area contributed by atoms with E-state index in [1.54, 1.807) is 31.2 Å². The van der Waals surface area contributed by atoms with Gasteiger partial charge in [-0.2, -0.15) is 0 Å². The van der Waals surface area contributed by atoms with Gasteiger partial charge >= 0.3 is 5.97 Å².